The van der Waals surface area contributed by atoms with Crippen molar-refractivity contribution >= 4 is 37.7 Å². The van der Waals surface area contributed by atoms with Gasteiger partial charge in [0, 0.05) is 28.9 Å². The lowest BCUT2D eigenvalue weighted by atomic mass is 10.1. The number of aryl methyl sites for hydroxylation is 1. The van der Waals surface area contributed by atoms with Crippen LogP contribution in [0.5, 0.6) is 5.75 Å². The van der Waals surface area contributed by atoms with Crippen molar-refractivity contribution in [3.63, 3.8) is 0 Å². The second-order valence-electron chi connectivity index (χ2n) is 10.3. The van der Waals surface area contributed by atoms with Crippen LogP contribution in [0.1, 0.15) is 117 Å². The van der Waals surface area contributed by atoms with Gasteiger partial charge in [-0.1, -0.05) is 122 Å². The number of nitrogens with zero attached hydrogens (tertiary/aromatic N) is 1. The van der Waals surface area contributed by atoms with Gasteiger partial charge in [-0.05, 0) is 40.9 Å². The van der Waals surface area contributed by atoms with Crippen LogP contribution in [0, 0.1) is 0 Å². The Hall–Kier alpha value is -1.48. The number of para-hydroxylation sites is 1. The van der Waals surface area contributed by atoms with Gasteiger partial charge in [0.1, 0.15) is 5.75 Å². The van der Waals surface area contributed by atoms with Gasteiger partial charge in [-0.15, -0.1) is 0 Å². The summed E-state index contributed by atoms with van der Waals surface area (Å²) in [6, 6.07) is 13.4. The van der Waals surface area contributed by atoms with E-state index in [4.69, 9.17) is 4.74 Å². The van der Waals surface area contributed by atoms with Gasteiger partial charge in [0.05, 0.1) is 16.6 Å². The molecule has 0 unspecified atom stereocenters. The Balaban J connectivity index is 1.57. The van der Waals surface area contributed by atoms with Crippen LogP contribution in [-0.2, 0) is 6.54 Å². The molecule has 2 aromatic carbocycles. The van der Waals surface area contributed by atoms with Crippen molar-refractivity contribution in [3.05, 3.63) is 40.9 Å². The van der Waals surface area contributed by atoms with Gasteiger partial charge in [-0.25, -0.2) is 0 Å². The lowest BCUT2D eigenvalue weighted by Gasteiger charge is -2.11. The van der Waals surface area contributed by atoms with Crippen LogP contribution < -0.4 is 4.74 Å². The van der Waals surface area contributed by atoms with Crippen LogP contribution in [0.3, 0.4) is 0 Å². The number of halogens is 1. The first-order valence-electron chi connectivity index (χ1n) is 14.6. The average Bonchev–Trinajstić information content (AvgIpc) is 3.17. The second-order valence-corrected chi connectivity index (χ2v) is 11.1. The molecule has 0 fully saturated rings. The van der Waals surface area contributed by atoms with Crippen molar-refractivity contribution in [1.82, 2.24) is 4.57 Å². The Morgan fingerprint density at radius 2 is 1.20 bits per heavy atom. The van der Waals surface area contributed by atoms with E-state index in [-0.39, 0.29) is 0 Å². The summed E-state index contributed by atoms with van der Waals surface area (Å²) in [6.45, 7) is 6.45. The van der Waals surface area contributed by atoms with E-state index in [1.807, 2.05) is 0 Å². The zero-order valence-corrected chi connectivity index (χ0v) is 24.0. The minimum Gasteiger partial charge on any atom is -0.492 e. The molecule has 0 aliphatic carbocycles. The topological polar surface area (TPSA) is 14.2 Å². The quantitative estimate of drug-likeness (QED) is 0.137. The average molecular weight is 543 g/mol. The predicted molar refractivity (Wildman–Crippen MR) is 158 cm³/mol. The SMILES string of the molecule is CCCCCCCCCCOc1cc2c(cc1Br)c1ccccc1n2CCCCCCCCCC. The highest BCUT2D eigenvalue weighted by molar-refractivity contribution is 9.10. The number of unbranched alkanes of at least 4 members (excludes halogenated alkanes) is 14. The van der Waals surface area contributed by atoms with Crippen molar-refractivity contribution in [1.29, 1.82) is 0 Å². The Bertz CT molecular complexity index is 992. The zero-order valence-electron chi connectivity index (χ0n) is 22.4. The molecule has 0 radical (unpaired) electrons. The van der Waals surface area contributed by atoms with E-state index in [1.165, 1.54) is 118 Å². The predicted octanol–water partition coefficient (Wildman–Crippen LogP) is 11.2. The number of aromatic nitrogens is 1. The molecule has 0 N–H and O–H groups in total. The lowest BCUT2D eigenvalue weighted by Crippen LogP contribution is -2.00. The van der Waals surface area contributed by atoms with Gasteiger partial charge in [0.25, 0.3) is 0 Å². The maximum absolute atomic E-state index is 6.27. The summed E-state index contributed by atoms with van der Waals surface area (Å²) in [6.07, 6.45) is 21.4. The molecule has 2 nitrogen and oxygen atoms in total. The maximum Gasteiger partial charge on any atom is 0.135 e. The lowest BCUT2D eigenvalue weighted by molar-refractivity contribution is 0.303. The Kier molecular flexibility index (Phi) is 13.1. The molecule has 0 atom stereocenters. The standard InChI is InChI=1S/C32H48BrNO/c1-3-5-7-9-11-13-15-19-23-34-30-22-18-17-21-27(30)28-25-29(33)32(26-31(28)34)35-24-20-16-14-12-10-8-6-4-2/h17-18,21-22,25-26H,3-16,19-20,23-24H2,1-2H3. The molecule has 0 bridgehead atoms. The number of rotatable bonds is 19. The minimum absolute atomic E-state index is 0.803. The number of hydrogen-bond acceptors (Lipinski definition) is 1. The first kappa shape index (κ1) is 28.1. The molecule has 0 spiro atoms. The number of benzene rings is 2. The summed E-state index contributed by atoms with van der Waals surface area (Å²) in [7, 11) is 0. The summed E-state index contributed by atoms with van der Waals surface area (Å²) in [4.78, 5) is 0. The molecule has 3 rings (SSSR count). The van der Waals surface area contributed by atoms with Crippen LogP contribution in [0.25, 0.3) is 21.8 Å². The molecule has 194 valence electrons. The van der Waals surface area contributed by atoms with E-state index in [1.54, 1.807) is 0 Å². The zero-order chi connectivity index (χ0) is 24.7. The number of fused-ring (bicyclic) bond motifs is 3. The van der Waals surface area contributed by atoms with Crippen molar-refractivity contribution in [3.8, 4) is 5.75 Å². The molecule has 0 aliphatic rings. The smallest absolute Gasteiger partial charge is 0.135 e. The minimum atomic E-state index is 0.803. The van der Waals surface area contributed by atoms with Gasteiger partial charge in [-0.2, -0.15) is 0 Å². The third kappa shape index (κ3) is 8.85. The fourth-order valence-electron chi connectivity index (χ4n) is 5.22. The second kappa shape index (κ2) is 16.3. The van der Waals surface area contributed by atoms with Crippen molar-refractivity contribution in [2.75, 3.05) is 6.61 Å². The Morgan fingerprint density at radius 3 is 1.86 bits per heavy atom. The van der Waals surface area contributed by atoms with E-state index in [9.17, 15) is 0 Å². The van der Waals surface area contributed by atoms with Gasteiger partial charge in [0.2, 0.25) is 0 Å². The highest BCUT2D eigenvalue weighted by Crippen LogP contribution is 2.37. The Labute approximate surface area is 222 Å². The first-order chi connectivity index (χ1) is 17.3. The van der Waals surface area contributed by atoms with Gasteiger partial charge in [0.15, 0.2) is 0 Å². The van der Waals surface area contributed by atoms with Crippen LogP contribution in [0.4, 0.5) is 0 Å². The van der Waals surface area contributed by atoms with Crippen LogP contribution in [0.2, 0.25) is 0 Å². The third-order valence-electron chi connectivity index (χ3n) is 7.32. The fraction of sp³-hybridized carbons (Fsp3) is 0.625. The Morgan fingerprint density at radius 1 is 0.629 bits per heavy atom. The van der Waals surface area contributed by atoms with Crippen LogP contribution in [0.15, 0.2) is 40.9 Å². The van der Waals surface area contributed by atoms with Gasteiger partial charge >= 0.3 is 0 Å². The molecule has 35 heavy (non-hydrogen) atoms. The number of ether oxygens (including phenoxy) is 1. The highest BCUT2D eigenvalue weighted by Gasteiger charge is 2.14. The highest BCUT2D eigenvalue weighted by atomic mass is 79.9. The maximum atomic E-state index is 6.27. The molecule has 3 aromatic rings. The van der Waals surface area contributed by atoms with Crippen LogP contribution in [-0.4, -0.2) is 11.2 Å². The largest absolute Gasteiger partial charge is 0.492 e. The van der Waals surface area contributed by atoms with Gasteiger partial charge in [-0.3, -0.25) is 0 Å². The van der Waals surface area contributed by atoms with Crippen molar-refractivity contribution in [2.45, 2.75) is 123 Å². The number of hydrogen-bond donors (Lipinski definition) is 0. The van der Waals surface area contributed by atoms with Crippen molar-refractivity contribution < 1.29 is 4.74 Å². The van der Waals surface area contributed by atoms with Crippen LogP contribution >= 0.6 is 15.9 Å². The molecule has 0 amide bonds. The molecular formula is C32H48BrNO. The van der Waals surface area contributed by atoms with E-state index in [0.29, 0.717) is 0 Å². The van der Waals surface area contributed by atoms with Gasteiger partial charge < -0.3 is 9.30 Å². The van der Waals surface area contributed by atoms with E-state index < -0.39 is 0 Å². The molecule has 1 aromatic heterocycles. The summed E-state index contributed by atoms with van der Waals surface area (Å²) < 4.78 is 9.86. The summed E-state index contributed by atoms with van der Waals surface area (Å²) >= 11 is 3.80. The van der Waals surface area contributed by atoms with E-state index in [2.05, 4.69) is 70.7 Å². The first-order valence-corrected chi connectivity index (χ1v) is 15.4. The molecule has 1 heterocycles. The monoisotopic (exact) mass is 541 g/mol. The molecular weight excluding hydrogens is 494 g/mol. The van der Waals surface area contributed by atoms with Crippen molar-refractivity contribution in [2.24, 2.45) is 0 Å². The molecule has 0 aliphatic heterocycles. The summed E-state index contributed by atoms with van der Waals surface area (Å²) in [5.41, 5.74) is 2.65. The molecule has 3 heteroatoms. The normalized spacial score (nSPS) is 11.6. The molecule has 0 saturated heterocycles. The fourth-order valence-corrected chi connectivity index (χ4v) is 5.68. The van der Waals surface area contributed by atoms with E-state index in [0.717, 1.165) is 29.8 Å². The third-order valence-corrected chi connectivity index (χ3v) is 7.94. The summed E-state index contributed by atoms with van der Waals surface area (Å²) in [5, 5.41) is 2.67. The summed E-state index contributed by atoms with van der Waals surface area (Å²) in [5.74, 6) is 0.987. The van der Waals surface area contributed by atoms with E-state index >= 15 is 0 Å². The molecule has 0 saturated carbocycles.